The van der Waals surface area contributed by atoms with Crippen LogP contribution in [0.5, 0.6) is 0 Å². The van der Waals surface area contributed by atoms with Gasteiger partial charge in [0.05, 0.1) is 5.56 Å². The molecule has 1 aromatic heterocycles. The first kappa shape index (κ1) is 20.0. The summed E-state index contributed by atoms with van der Waals surface area (Å²) in [5.74, 6) is -0.909. The molecule has 0 bridgehead atoms. The molecular formula is C29H20O2S. The maximum absolute atomic E-state index is 11.0. The molecule has 4 aromatic carbocycles. The molecule has 0 atom stereocenters. The Morgan fingerprint density at radius 2 is 1.28 bits per heavy atom. The third kappa shape index (κ3) is 4.25. The second-order valence-corrected chi connectivity index (χ2v) is 8.70. The van der Waals surface area contributed by atoms with Gasteiger partial charge in [0.1, 0.15) is 0 Å². The molecule has 5 aromatic rings. The summed E-state index contributed by atoms with van der Waals surface area (Å²) in [6, 6.07) is 34.8. The van der Waals surface area contributed by atoms with Crippen molar-refractivity contribution in [1.29, 1.82) is 0 Å². The standard InChI is InChI=1S/C29H20O2S/c30-29(31)24-14-10-21(11-15-24)7-6-20-8-12-23(13-9-20)28-19-26-18-25(16-17-27(26)32-28)22-4-2-1-3-5-22/h1-19H,(H,30,31). The largest absolute Gasteiger partial charge is 0.478 e. The van der Waals surface area contributed by atoms with E-state index in [-0.39, 0.29) is 0 Å². The number of carbonyl (C=O) groups is 1. The van der Waals surface area contributed by atoms with Crippen LogP contribution in [0.2, 0.25) is 0 Å². The minimum atomic E-state index is -0.909. The van der Waals surface area contributed by atoms with E-state index in [4.69, 9.17) is 5.11 Å². The molecule has 5 rings (SSSR count). The Hall–Kier alpha value is -3.95. The van der Waals surface area contributed by atoms with Crippen LogP contribution in [0.15, 0.2) is 103 Å². The SMILES string of the molecule is O=C(O)c1ccc(C=Cc2ccc(-c3cc4cc(-c5ccccc5)ccc4s3)cc2)cc1. The van der Waals surface area contributed by atoms with Crippen molar-refractivity contribution in [1.82, 2.24) is 0 Å². The van der Waals surface area contributed by atoms with E-state index in [0.717, 1.165) is 11.1 Å². The summed E-state index contributed by atoms with van der Waals surface area (Å²) in [7, 11) is 0. The van der Waals surface area contributed by atoms with Gasteiger partial charge in [-0.25, -0.2) is 4.79 Å². The fraction of sp³-hybridized carbons (Fsp3) is 0. The Morgan fingerprint density at radius 1 is 0.656 bits per heavy atom. The number of thiophene rings is 1. The summed E-state index contributed by atoms with van der Waals surface area (Å²) < 4.78 is 1.29. The molecule has 0 aliphatic heterocycles. The lowest BCUT2D eigenvalue weighted by Gasteiger charge is -2.00. The molecule has 32 heavy (non-hydrogen) atoms. The Balaban J connectivity index is 1.35. The molecule has 0 aliphatic carbocycles. The van der Waals surface area contributed by atoms with E-state index >= 15 is 0 Å². The van der Waals surface area contributed by atoms with Crippen molar-refractivity contribution >= 4 is 39.5 Å². The molecule has 0 saturated carbocycles. The van der Waals surface area contributed by atoms with Crippen molar-refractivity contribution in [3.05, 3.63) is 120 Å². The molecule has 1 N–H and O–H groups in total. The highest BCUT2D eigenvalue weighted by Gasteiger charge is 2.06. The third-order valence-corrected chi connectivity index (χ3v) is 6.61. The molecule has 154 valence electrons. The summed E-state index contributed by atoms with van der Waals surface area (Å²) in [6.07, 6.45) is 4.03. The van der Waals surface area contributed by atoms with Gasteiger partial charge in [-0.05, 0) is 63.5 Å². The van der Waals surface area contributed by atoms with Gasteiger partial charge in [0, 0.05) is 9.58 Å². The maximum atomic E-state index is 11.0. The van der Waals surface area contributed by atoms with Crippen molar-refractivity contribution < 1.29 is 9.90 Å². The number of hydrogen-bond acceptors (Lipinski definition) is 2. The lowest BCUT2D eigenvalue weighted by atomic mass is 10.0. The van der Waals surface area contributed by atoms with Gasteiger partial charge in [0.25, 0.3) is 0 Å². The lowest BCUT2D eigenvalue weighted by Crippen LogP contribution is -1.94. The molecule has 0 aliphatic rings. The first-order chi connectivity index (χ1) is 15.7. The highest BCUT2D eigenvalue weighted by molar-refractivity contribution is 7.22. The molecule has 0 saturated heterocycles. The van der Waals surface area contributed by atoms with Gasteiger partial charge in [0.2, 0.25) is 0 Å². The van der Waals surface area contributed by atoms with Crippen LogP contribution in [0.4, 0.5) is 0 Å². The first-order valence-electron chi connectivity index (χ1n) is 10.4. The van der Waals surface area contributed by atoms with Crippen LogP contribution >= 0.6 is 11.3 Å². The maximum Gasteiger partial charge on any atom is 0.335 e. The number of benzene rings is 4. The van der Waals surface area contributed by atoms with E-state index in [1.165, 1.54) is 31.7 Å². The van der Waals surface area contributed by atoms with Crippen molar-refractivity contribution in [2.75, 3.05) is 0 Å². The van der Waals surface area contributed by atoms with Crippen LogP contribution < -0.4 is 0 Å². The summed E-state index contributed by atoms with van der Waals surface area (Å²) in [5, 5.41) is 10.3. The Bertz CT molecular complexity index is 1410. The summed E-state index contributed by atoms with van der Waals surface area (Å²) in [5.41, 5.74) is 6.04. The van der Waals surface area contributed by atoms with Crippen LogP contribution in [0, 0.1) is 0 Å². The van der Waals surface area contributed by atoms with Crippen molar-refractivity contribution in [2.45, 2.75) is 0 Å². The molecule has 0 amide bonds. The molecule has 0 fully saturated rings. The van der Waals surface area contributed by atoms with Gasteiger partial charge in [-0.1, -0.05) is 84.9 Å². The average molecular weight is 433 g/mol. The average Bonchev–Trinajstić information content (AvgIpc) is 3.27. The van der Waals surface area contributed by atoms with Crippen LogP contribution in [0.3, 0.4) is 0 Å². The minimum absolute atomic E-state index is 0.297. The number of fused-ring (bicyclic) bond motifs is 1. The Morgan fingerprint density at radius 3 is 1.94 bits per heavy atom. The fourth-order valence-electron chi connectivity index (χ4n) is 3.68. The molecule has 0 radical (unpaired) electrons. The number of carboxylic acid groups (broad SMARTS) is 1. The Labute approximate surface area is 190 Å². The smallest absolute Gasteiger partial charge is 0.335 e. The zero-order valence-electron chi connectivity index (χ0n) is 17.2. The number of aromatic carboxylic acids is 1. The topological polar surface area (TPSA) is 37.3 Å². The van der Waals surface area contributed by atoms with E-state index in [0.29, 0.717) is 5.56 Å². The van der Waals surface area contributed by atoms with E-state index in [2.05, 4.69) is 72.8 Å². The van der Waals surface area contributed by atoms with E-state index < -0.39 is 5.97 Å². The van der Waals surface area contributed by atoms with Crippen LogP contribution in [0.25, 0.3) is 43.8 Å². The monoisotopic (exact) mass is 432 g/mol. The zero-order chi connectivity index (χ0) is 21.9. The second-order valence-electron chi connectivity index (χ2n) is 7.61. The summed E-state index contributed by atoms with van der Waals surface area (Å²) in [4.78, 5) is 12.2. The molecule has 2 nitrogen and oxygen atoms in total. The number of hydrogen-bond donors (Lipinski definition) is 1. The van der Waals surface area contributed by atoms with Gasteiger partial charge < -0.3 is 5.11 Å². The predicted molar refractivity (Wildman–Crippen MR) is 135 cm³/mol. The van der Waals surface area contributed by atoms with Gasteiger partial charge in [-0.3, -0.25) is 0 Å². The van der Waals surface area contributed by atoms with Gasteiger partial charge in [0.15, 0.2) is 0 Å². The van der Waals surface area contributed by atoms with E-state index in [1.807, 2.05) is 41.7 Å². The molecule has 3 heteroatoms. The van der Waals surface area contributed by atoms with Crippen molar-refractivity contribution in [3.63, 3.8) is 0 Å². The highest BCUT2D eigenvalue weighted by atomic mass is 32.1. The third-order valence-electron chi connectivity index (χ3n) is 5.44. The minimum Gasteiger partial charge on any atom is -0.478 e. The lowest BCUT2D eigenvalue weighted by molar-refractivity contribution is 0.0697. The summed E-state index contributed by atoms with van der Waals surface area (Å²) >= 11 is 1.81. The number of rotatable bonds is 5. The molecule has 1 heterocycles. The first-order valence-corrected chi connectivity index (χ1v) is 11.2. The second kappa shape index (κ2) is 8.66. The van der Waals surface area contributed by atoms with Crippen molar-refractivity contribution in [3.8, 4) is 21.6 Å². The van der Waals surface area contributed by atoms with Gasteiger partial charge in [-0.15, -0.1) is 11.3 Å². The van der Waals surface area contributed by atoms with Crippen molar-refractivity contribution in [2.24, 2.45) is 0 Å². The van der Waals surface area contributed by atoms with Gasteiger partial charge >= 0.3 is 5.97 Å². The predicted octanol–water partition coefficient (Wildman–Crippen LogP) is 8.10. The van der Waals surface area contributed by atoms with Crippen LogP contribution in [-0.2, 0) is 0 Å². The quantitative estimate of drug-likeness (QED) is 0.285. The van der Waals surface area contributed by atoms with Gasteiger partial charge in [-0.2, -0.15) is 0 Å². The highest BCUT2D eigenvalue weighted by Crippen LogP contribution is 2.35. The fourth-order valence-corrected chi connectivity index (χ4v) is 4.73. The van der Waals surface area contributed by atoms with E-state index in [1.54, 1.807) is 12.1 Å². The normalized spacial score (nSPS) is 11.2. The van der Waals surface area contributed by atoms with E-state index in [9.17, 15) is 4.79 Å². The van der Waals surface area contributed by atoms with Crippen LogP contribution in [0.1, 0.15) is 21.5 Å². The molecule has 0 unspecified atom stereocenters. The number of carboxylic acids is 1. The molecular weight excluding hydrogens is 412 g/mol. The summed E-state index contributed by atoms with van der Waals surface area (Å²) in [6.45, 7) is 0. The zero-order valence-corrected chi connectivity index (χ0v) is 18.0. The molecule has 0 spiro atoms. The Kier molecular flexibility index (Phi) is 5.40. The van der Waals surface area contributed by atoms with Crippen LogP contribution in [-0.4, -0.2) is 11.1 Å².